The molecule has 2 N–H and O–H groups in total. The first-order chi connectivity index (χ1) is 11.7. The van der Waals surface area contributed by atoms with E-state index in [1.54, 1.807) is 6.07 Å². The molecule has 2 atom stereocenters. The van der Waals surface area contributed by atoms with Crippen LogP contribution in [-0.4, -0.2) is 49.4 Å². The van der Waals surface area contributed by atoms with E-state index in [0.29, 0.717) is 25.2 Å². The van der Waals surface area contributed by atoms with Crippen molar-refractivity contribution in [3.63, 3.8) is 0 Å². The number of amides is 1. The Hall–Kier alpha value is -1.51. The van der Waals surface area contributed by atoms with Crippen LogP contribution in [0.5, 0.6) is 5.75 Å². The van der Waals surface area contributed by atoms with Crippen molar-refractivity contribution in [2.24, 2.45) is 11.1 Å². The molecule has 146 valence electrons. The molecule has 0 bridgehead atoms. The van der Waals surface area contributed by atoms with Gasteiger partial charge in [-0.05, 0) is 43.5 Å². The normalized spacial score (nSPS) is 26.9. The third-order valence-electron chi connectivity index (χ3n) is 5.06. The fourth-order valence-corrected chi connectivity index (χ4v) is 3.60. The minimum absolute atomic E-state index is 0. The highest BCUT2D eigenvalue weighted by molar-refractivity contribution is 5.99. The summed E-state index contributed by atoms with van der Waals surface area (Å²) in [4.78, 5) is 16.5. The molecule has 5 nitrogen and oxygen atoms in total. The Kier molecular flexibility index (Phi) is 6.09. The number of hydrogen-bond donors (Lipinski definition) is 1. The lowest BCUT2D eigenvalue weighted by molar-refractivity contribution is -0.274. The van der Waals surface area contributed by atoms with Gasteiger partial charge in [-0.25, -0.2) is 0 Å². The summed E-state index contributed by atoms with van der Waals surface area (Å²) in [5, 5.41) is 0. The molecule has 1 amide bonds. The van der Waals surface area contributed by atoms with Gasteiger partial charge < -0.3 is 15.4 Å². The molecule has 2 unspecified atom stereocenters. The van der Waals surface area contributed by atoms with Crippen molar-refractivity contribution in [1.82, 2.24) is 4.90 Å². The summed E-state index contributed by atoms with van der Waals surface area (Å²) in [6, 6.07) is 5.32. The lowest BCUT2D eigenvalue weighted by Gasteiger charge is -2.26. The number of halogens is 4. The molecule has 9 heteroatoms. The molecule has 0 aliphatic carbocycles. The standard InChI is InChI=1S/C17H22F3N3O2.ClH/c1-16(10-21)6-8-22(11-16)14-5-7-23(15(14)24)12-3-2-4-13(9-12)25-17(18,19)20;/h2-4,9,14H,5-8,10-11,21H2,1H3;1H. The lowest BCUT2D eigenvalue weighted by atomic mass is 9.90. The highest BCUT2D eigenvalue weighted by Crippen LogP contribution is 2.34. The first kappa shape index (κ1) is 20.8. The lowest BCUT2D eigenvalue weighted by Crippen LogP contribution is -2.42. The summed E-state index contributed by atoms with van der Waals surface area (Å²) in [5.74, 6) is -0.399. The predicted molar refractivity (Wildman–Crippen MR) is 94.5 cm³/mol. The van der Waals surface area contributed by atoms with E-state index in [4.69, 9.17) is 5.73 Å². The van der Waals surface area contributed by atoms with Gasteiger partial charge in [0.1, 0.15) is 5.75 Å². The number of likely N-dealkylation sites (tertiary alicyclic amines) is 1. The highest BCUT2D eigenvalue weighted by atomic mass is 35.5. The molecule has 1 aromatic rings. The second-order valence-corrected chi connectivity index (χ2v) is 7.07. The zero-order valence-corrected chi connectivity index (χ0v) is 15.3. The molecular formula is C17H23ClF3N3O2. The van der Waals surface area contributed by atoms with Crippen molar-refractivity contribution in [2.75, 3.05) is 31.1 Å². The van der Waals surface area contributed by atoms with Gasteiger partial charge in [0.2, 0.25) is 5.91 Å². The Labute approximate surface area is 156 Å². The predicted octanol–water partition coefficient (Wildman–Crippen LogP) is 2.78. The van der Waals surface area contributed by atoms with Gasteiger partial charge in [-0.2, -0.15) is 0 Å². The maximum Gasteiger partial charge on any atom is 0.573 e. The Bertz CT molecular complexity index is 658. The number of carbonyl (C=O) groups is 1. The zero-order valence-electron chi connectivity index (χ0n) is 14.5. The number of nitrogens with zero attached hydrogens (tertiary/aromatic N) is 2. The smallest absolute Gasteiger partial charge is 0.406 e. The van der Waals surface area contributed by atoms with Gasteiger partial charge in [-0.3, -0.25) is 9.69 Å². The number of carbonyl (C=O) groups excluding carboxylic acids is 1. The number of benzene rings is 1. The Morgan fingerprint density at radius 1 is 1.35 bits per heavy atom. The van der Waals surface area contributed by atoms with E-state index in [0.717, 1.165) is 19.5 Å². The molecule has 2 fully saturated rings. The van der Waals surface area contributed by atoms with E-state index in [9.17, 15) is 18.0 Å². The topological polar surface area (TPSA) is 58.8 Å². The molecular weight excluding hydrogens is 371 g/mol. The molecule has 2 saturated heterocycles. The SMILES string of the molecule is CC1(CN)CCN(C2CCN(c3cccc(OC(F)(F)F)c3)C2=O)C1.Cl. The minimum Gasteiger partial charge on any atom is -0.406 e. The second-order valence-electron chi connectivity index (χ2n) is 7.07. The van der Waals surface area contributed by atoms with Crippen LogP contribution in [0.15, 0.2) is 24.3 Å². The van der Waals surface area contributed by atoms with Gasteiger partial charge in [-0.1, -0.05) is 13.0 Å². The van der Waals surface area contributed by atoms with Crippen LogP contribution in [-0.2, 0) is 4.79 Å². The monoisotopic (exact) mass is 393 g/mol. The number of ether oxygens (including phenoxy) is 1. The van der Waals surface area contributed by atoms with Crippen molar-refractivity contribution >= 4 is 24.0 Å². The van der Waals surface area contributed by atoms with E-state index in [1.165, 1.54) is 23.1 Å². The van der Waals surface area contributed by atoms with E-state index in [1.807, 2.05) is 0 Å². The third kappa shape index (κ3) is 4.42. The summed E-state index contributed by atoms with van der Waals surface area (Å²) >= 11 is 0. The first-order valence-electron chi connectivity index (χ1n) is 8.32. The third-order valence-corrected chi connectivity index (χ3v) is 5.06. The average molecular weight is 394 g/mol. The highest BCUT2D eigenvalue weighted by Gasteiger charge is 2.42. The molecule has 2 aliphatic rings. The number of hydrogen-bond acceptors (Lipinski definition) is 4. The maximum atomic E-state index is 12.8. The number of nitrogens with two attached hydrogens (primary N) is 1. The summed E-state index contributed by atoms with van der Waals surface area (Å²) in [5.41, 5.74) is 6.27. The van der Waals surface area contributed by atoms with Gasteiger partial charge in [0.25, 0.3) is 0 Å². The van der Waals surface area contributed by atoms with Crippen LogP contribution in [0.25, 0.3) is 0 Å². The summed E-state index contributed by atoms with van der Waals surface area (Å²) < 4.78 is 41.1. The van der Waals surface area contributed by atoms with Crippen molar-refractivity contribution in [2.45, 2.75) is 32.2 Å². The van der Waals surface area contributed by atoms with Crippen LogP contribution in [0.3, 0.4) is 0 Å². The summed E-state index contributed by atoms with van der Waals surface area (Å²) in [6.45, 7) is 4.75. The number of anilines is 1. The van der Waals surface area contributed by atoms with Gasteiger partial charge in [0.05, 0.1) is 6.04 Å². The molecule has 2 aliphatic heterocycles. The van der Waals surface area contributed by atoms with Crippen molar-refractivity contribution in [3.8, 4) is 5.75 Å². The van der Waals surface area contributed by atoms with Gasteiger partial charge in [0.15, 0.2) is 0 Å². The fraction of sp³-hybridized carbons (Fsp3) is 0.588. The molecule has 26 heavy (non-hydrogen) atoms. The minimum atomic E-state index is -4.75. The molecule has 1 aromatic carbocycles. The van der Waals surface area contributed by atoms with Crippen LogP contribution >= 0.6 is 12.4 Å². The first-order valence-corrected chi connectivity index (χ1v) is 8.32. The quantitative estimate of drug-likeness (QED) is 0.854. The molecule has 0 spiro atoms. The van der Waals surface area contributed by atoms with Crippen LogP contribution in [0, 0.1) is 5.41 Å². The fourth-order valence-electron chi connectivity index (χ4n) is 3.60. The zero-order chi connectivity index (χ0) is 18.2. The Balaban J connectivity index is 0.00000243. The summed E-state index contributed by atoms with van der Waals surface area (Å²) in [6.07, 6.45) is -3.15. The number of rotatable bonds is 4. The van der Waals surface area contributed by atoms with Crippen molar-refractivity contribution in [3.05, 3.63) is 24.3 Å². The second kappa shape index (κ2) is 7.62. The molecule has 3 rings (SSSR count). The van der Waals surface area contributed by atoms with Gasteiger partial charge in [0, 0.05) is 24.8 Å². The average Bonchev–Trinajstić information content (AvgIpc) is 3.10. The van der Waals surface area contributed by atoms with Gasteiger partial charge >= 0.3 is 6.36 Å². The van der Waals surface area contributed by atoms with Crippen molar-refractivity contribution < 1.29 is 22.7 Å². The Morgan fingerprint density at radius 3 is 2.69 bits per heavy atom. The van der Waals surface area contributed by atoms with Crippen molar-refractivity contribution in [1.29, 1.82) is 0 Å². The molecule has 0 saturated carbocycles. The maximum absolute atomic E-state index is 12.8. The Morgan fingerprint density at radius 2 is 2.08 bits per heavy atom. The molecule has 0 aromatic heterocycles. The van der Waals surface area contributed by atoms with Crippen LogP contribution in [0.2, 0.25) is 0 Å². The van der Waals surface area contributed by atoms with Gasteiger partial charge in [-0.15, -0.1) is 25.6 Å². The van der Waals surface area contributed by atoms with E-state index < -0.39 is 6.36 Å². The molecule has 0 radical (unpaired) electrons. The van der Waals surface area contributed by atoms with E-state index in [-0.39, 0.29) is 35.5 Å². The largest absolute Gasteiger partial charge is 0.573 e. The van der Waals surface area contributed by atoms with Crippen LogP contribution in [0.4, 0.5) is 18.9 Å². The molecule has 2 heterocycles. The summed E-state index contributed by atoms with van der Waals surface area (Å²) in [7, 11) is 0. The van der Waals surface area contributed by atoms with Crippen LogP contribution < -0.4 is 15.4 Å². The van der Waals surface area contributed by atoms with E-state index in [2.05, 4.69) is 16.6 Å². The number of alkyl halides is 3. The van der Waals surface area contributed by atoms with Crippen LogP contribution in [0.1, 0.15) is 19.8 Å². The van der Waals surface area contributed by atoms with E-state index >= 15 is 0 Å².